The van der Waals surface area contributed by atoms with Crippen molar-refractivity contribution in [1.82, 2.24) is 4.90 Å². The van der Waals surface area contributed by atoms with Gasteiger partial charge >= 0.3 is 6.03 Å². The van der Waals surface area contributed by atoms with E-state index in [4.69, 9.17) is 11.5 Å². The van der Waals surface area contributed by atoms with Crippen molar-refractivity contribution in [2.75, 3.05) is 13.1 Å². The second-order valence-electron chi connectivity index (χ2n) is 5.15. The van der Waals surface area contributed by atoms with E-state index in [-0.39, 0.29) is 24.0 Å². The van der Waals surface area contributed by atoms with E-state index in [1.807, 2.05) is 13.8 Å². The Labute approximate surface area is 96.8 Å². The van der Waals surface area contributed by atoms with Crippen LogP contribution in [0.5, 0.6) is 0 Å². The summed E-state index contributed by atoms with van der Waals surface area (Å²) in [6, 6.07) is -0.440. The molecule has 0 spiro atoms. The lowest BCUT2D eigenvalue weighted by molar-refractivity contribution is 0.0739. The first-order valence-electron chi connectivity index (χ1n) is 5.88. The first-order chi connectivity index (χ1) is 7.40. The number of carbonyl (C=O) groups excluding carboxylic acids is 1. The molecule has 1 heterocycles. The van der Waals surface area contributed by atoms with E-state index in [2.05, 4.69) is 0 Å². The summed E-state index contributed by atoms with van der Waals surface area (Å²) in [5.41, 5.74) is 11.1. The number of amides is 2. The van der Waals surface area contributed by atoms with Crippen LogP contribution in [0.1, 0.15) is 26.7 Å². The van der Waals surface area contributed by atoms with Gasteiger partial charge in [0.1, 0.15) is 0 Å². The van der Waals surface area contributed by atoms with Crippen LogP contribution >= 0.6 is 0 Å². The van der Waals surface area contributed by atoms with Crippen LogP contribution in [-0.2, 0) is 0 Å². The lowest BCUT2D eigenvalue weighted by Gasteiger charge is -2.36. The Hall–Kier alpha value is -0.810. The largest absolute Gasteiger partial charge is 0.393 e. The van der Waals surface area contributed by atoms with Gasteiger partial charge in [-0.1, -0.05) is 13.8 Å². The topological polar surface area (TPSA) is 92.6 Å². The molecule has 5 nitrogen and oxygen atoms in total. The molecular weight excluding hydrogens is 206 g/mol. The number of aliphatic hydroxyl groups excluding tert-OH is 1. The molecule has 1 rings (SSSR count). The van der Waals surface area contributed by atoms with Gasteiger partial charge < -0.3 is 21.5 Å². The van der Waals surface area contributed by atoms with Crippen LogP contribution in [0, 0.1) is 11.8 Å². The molecule has 0 radical (unpaired) electrons. The highest BCUT2D eigenvalue weighted by molar-refractivity contribution is 5.72. The van der Waals surface area contributed by atoms with Gasteiger partial charge in [0.15, 0.2) is 0 Å². The summed E-state index contributed by atoms with van der Waals surface area (Å²) in [5, 5.41) is 9.81. The van der Waals surface area contributed by atoms with Gasteiger partial charge in [0.05, 0.1) is 6.10 Å². The standard InChI is InChI=1S/C11H23N3O2/c1-7(2)10(15)4-8-3-9(12)6-14(5-8)11(13)16/h7-10,15H,3-6,12H2,1-2H3,(H2,13,16). The summed E-state index contributed by atoms with van der Waals surface area (Å²) >= 11 is 0. The van der Waals surface area contributed by atoms with E-state index in [0.29, 0.717) is 19.5 Å². The first kappa shape index (κ1) is 13.3. The number of nitrogens with zero attached hydrogens (tertiary/aromatic N) is 1. The van der Waals surface area contributed by atoms with Crippen LogP contribution in [0.15, 0.2) is 0 Å². The van der Waals surface area contributed by atoms with E-state index in [1.165, 1.54) is 0 Å². The second-order valence-corrected chi connectivity index (χ2v) is 5.15. The van der Waals surface area contributed by atoms with Crippen LogP contribution in [0.25, 0.3) is 0 Å². The average molecular weight is 229 g/mol. The molecule has 0 bridgehead atoms. The number of carbonyl (C=O) groups is 1. The Morgan fingerprint density at radius 3 is 2.62 bits per heavy atom. The molecule has 0 saturated carbocycles. The fourth-order valence-electron chi connectivity index (χ4n) is 2.21. The number of primary amides is 1. The normalized spacial score (nSPS) is 28.2. The van der Waals surface area contributed by atoms with E-state index in [9.17, 15) is 9.90 Å². The molecular formula is C11H23N3O2. The highest BCUT2D eigenvalue weighted by Crippen LogP contribution is 2.22. The zero-order valence-electron chi connectivity index (χ0n) is 10.1. The fourth-order valence-corrected chi connectivity index (χ4v) is 2.21. The number of likely N-dealkylation sites (tertiary alicyclic amines) is 1. The summed E-state index contributed by atoms with van der Waals surface area (Å²) in [5.74, 6) is 0.494. The summed E-state index contributed by atoms with van der Waals surface area (Å²) in [6.07, 6.45) is 1.22. The summed E-state index contributed by atoms with van der Waals surface area (Å²) in [7, 11) is 0. The van der Waals surface area contributed by atoms with Crippen molar-refractivity contribution >= 4 is 6.03 Å². The van der Waals surface area contributed by atoms with Crippen LogP contribution < -0.4 is 11.5 Å². The van der Waals surface area contributed by atoms with E-state index in [0.717, 1.165) is 6.42 Å². The monoisotopic (exact) mass is 229 g/mol. The number of hydrogen-bond acceptors (Lipinski definition) is 3. The molecule has 3 atom stereocenters. The van der Waals surface area contributed by atoms with Crippen LogP contribution in [-0.4, -0.2) is 41.3 Å². The Bertz CT molecular complexity index is 245. The molecule has 2 amide bonds. The van der Waals surface area contributed by atoms with Crippen LogP contribution in [0.3, 0.4) is 0 Å². The van der Waals surface area contributed by atoms with Gasteiger partial charge in [0.25, 0.3) is 0 Å². The third-order valence-electron chi connectivity index (χ3n) is 3.23. The molecule has 94 valence electrons. The molecule has 1 aliphatic heterocycles. The van der Waals surface area contributed by atoms with Gasteiger partial charge in [0, 0.05) is 19.1 Å². The van der Waals surface area contributed by atoms with Gasteiger partial charge in [-0.15, -0.1) is 0 Å². The van der Waals surface area contributed by atoms with Crippen molar-refractivity contribution < 1.29 is 9.90 Å². The zero-order valence-corrected chi connectivity index (χ0v) is 10.1. The van der Waals surface area contributed by atoms with E-state index < -0.39 is 6.03 Å². The molecule has 0 aromatic heterocycles. The molecule has 0 aromatic rings. The van der Waals surface area contributed by atoms with E-state index >= 15 is 0 Å². The smallest absolute Gasteiger partial charge is 0.314 e. The van der Waals surface area contributed by atoms with Crippen molar-refractivity contribution in [1.29, 1.82) is 0 Å². The number of aliphatic hydroxyl groups is 1. The second kappa shape index (κ2) is 5.50. The summed E-state index contributed by atoms with van der Waals surface area (Å²) in [4.78, 5) is 12.7. The van der Waals surface area contributed by atoms with Crippen molar-refractivity contribution in [3.8, 4) is 0 Å². The lowest BCUT2D eigenvalue weighted by Crippen LogP contribution is -2.51. The molecule has 1 fully saturated rings. The first-order valence-corrected chi connectivity index (χ1v) is 5.88. The molecule has 1 saturated heterocycles. The maximum Gasteiger partial charge on any atom is 0.314 e. The quantitative estimate of drug-likeness (QED) is 0.642. The lowest BCUT2D eigenvalue weighted by atomic mass is 9.87. The predicted molar refractivity (Wildman–Crippen MR) is 62.7 cm³/mol. The number of nitrogens with two attached hydrogens (primary N) is 2. The molecule has 1 aliphatic rings. The minimum Gasteiger partial charge on any atom is -0.393 e. The summed E-state index contributed by atoms with van der Waals surface area (Å²) < 4.78 is 0. The molecule has 5 heteroatoms. The van der Waals surface area contributed by atoms with Gasteiger partial charge in [-0.05, 0) is 24.7 Å². The Morgan fingerprint density at radius 2 is 2.12 bits per heavy atom. The highest BCUT2D eigenvalue weighted by atomic mass is 16.3. The third-order valence-corrected chi connectivity index (χ3v) is 3.23. The van der Waals surface area contributed by atoms with E-state index in [1.54, 1.807) is 4.90 Å². The Balaban J connectivity index is 2.50. The molecule has 5 N–H and O–H groups in total. The highest BCUT2D eigenvalue weighted by Gasteiger charge is 2.28. The molecule has 3 unspecified atom stereocenters. The predicted octanol–water partition coefficient (Wildman–Crippen LogP) is 0.121. The third kappa shape index (κ3) is 3.64. The Morgan fingerprint density at radius 1 is 1.50 bits per heavy atom. The van der Waals surface area contributed by atoms with Crippen molar-refractivity contribution in [3.63, 3.8) is 0 Å². The maximum absolute atomic E-state index is 11.1. The van der Waals surface area contributed by atoms with Crippen LogP contribution in [0.2, 0.25) is 0 Å². The Kier molecular flexibility index (Phi) is 4.56. The number of urea groups is 1. The molecule has 0 aromatic carbocycles. The SMILES string of the molecule is CC(C)C(O)CC1CC(N)CN(C(N)=O)C1. The van der Waals surface area contributed by atoms with Crippen LogP contribution in [0.4, 0.5) is 4.79 Å². The minimum absolute atomic E-state index is 0.0226. The molecule has 0 aliphatic carbocycles. The van der Waals surface area contributed by atoms with Gasteiger partial charge in [-0.3, -0.25) is 0 Å². The number of hydrogen-bond donors (Lipinski definition) is 3. The average Bonchev–Trinajstić information content (AvgIpc) is 2.16. The van der Waals surface area contributed by atoms with Crippen molar-refractivity contribution in [2.24, 2.45) is 23.3 Å². The minimum atomic E-state index is -0.417. The number of rotatable bonds is 3. The zero-order chi connectivity index (χ0) is 12.3. The molecule has 16 heavy (non-hydrogen) atoms. The summed E-state index contributed by atoms with van der Waals surface area (Å²) in [6.45, 7) is 5.12. The van der Waals surface area contributed by atoms with Crippen molar-refractivity contribution in [3.05, 3.63) is 0 Å². The van der Waals surface area contributed by atoms with Gasteiger partial charge in [-0.25, -0.2) is 4.79 Å². The maximum atomic E-state index is 11.1. The van der Waals surface area contributed by atoms with Gasteiger partial charge in [0.2, 0.25) is 0 Å². The number of piperidine rings is 1. The van der Waals surface area contributed by atoms with Gasteiger partial charge in [-0.2, -0.15) is 0 Å². The van der Waals surface area contributed by atoms with Crippen molar-refractivity contribution in [2.45, 2.75) is 38.8 Å². The fraction of sp³-hybridized carbons (Fsp3) is 0.909.